The summed E-state index contributed by atoms with van der Waals surface area (Å²) >= 11 is 0. The Hall–Kier alpha value is -2.16. The Morgan fingerprint density at radius 3 is 2.57 bits per heavy atom. The van der Waals surface area contributed by atoms with E-state index < -0.39 is 10.0 Å². The number of carbonyl (C=O) groups excluding carboxylic acids is 1. The summed E-state index contributed by atoms with van der Waals surface area (Å²) in [6, 6.07) is 7.99. The molecule has 2 N–H and O–H groups in total. The van der Waals surface area contributed by atoms with E-state index in [0.717, 1.165) is 18.7 Å². The number of hydrogen-bond donors (Lipinski definition) is 2. The van der Waals surface area contributed by atoms with Crippen LogP contribution in [0, 0.1) is 6.92 Å². The van der Waals surface area contributed by atoms with Gasteiger partial charge in [0.15, 0.2) is 0 Å². The molecule has 0 bridgehead atoms. The highest BCUT2D eigenvalue weighted by Gasteiger charge is 2.28. The molecular formula is C22H31N3O4S. The van der Waals surface area contributed by atoms with Crippen molar-refractivity contribution in [3.05, 3.63) is 53.5 Å². The van der Waals surface area contributed by atoms with Gasteiger partial charge in [-0.3, -0.25) is 9.69 Å². The Morgan fingerprint density at radius 1 is 1.17 bits per heavy atom. The summed E-state index contributed by atoms with van der Waals surface area (Å²) in [5.74, 6) is 0.254. The van der Waals surface area contributed by atoms with E-state index in [0.29, 0.717) is 17.9 Å². The van der Waals surface area contributed by atoms with Gasteiger partial charge in [0, 0.05) is 17.6 Å². The van der Waals surface area contributed by atoms with Crippen molar-refractivity contribution in [3.8, 4) is 0 Å². The Bertz CT molecular complexity index is 962. The van der Waals surface area contributed by atoms with E-state index in [-0.39, 0.29) is 22.9 Å². The molecule has 164 valence electrons. The van der Waals surface area contributed by atoms with Crippen LogP contribution in [0.15, 0.2) is 45.9 Å². The Morgan fingerprint density at radius 2 is 1.90 bits per heavy atom. The molecule has 2 heterocycles. The van der Waals surface area contributed by atoms with Gasteiger partial charge in [-0.25, -0.2) is 13.1 Å². The smallest absolute Gasteiger partial charge is 0.251 e. The van der Waals surface area contributed by atoms with Gasteiger partial charge in [-0.15, -0.1) is 0 Å². The lowest BCUT2D eigenvalue weighted by atomic mass is 9.98. The number of nitrogens with one attached hydrogen (secondary N) is 2. The van der Waals surface area contributed by atoms with Crippen LogP contribution >= 0.6 is 0 Å². The summed E-state index contributed by atoms with van der Waals surface area (Å²) in [7, 11) is -3.77. The van der Waals surface area contributed by atoms with E-state index in [2.05, 4.69) is 28.8 Å². The van der Waals surface area contributed by atoms with Gasteiger partial charge in [0.2, 0.25) is 10.0 Å². The van der Waals surface area contributed by atoms with Crippen LogP contribution in [0.4, 0.5) is 0 Å². The molecule has 1 aliphatic heterocycles. The van der Waals surface area contributed by atoms with Crippen LogP contribution in [0.2, 0.25) is 0 Å². The van der Waals surface area contributed by atoms with Gasteiger partial charge in [0.05, 0.1) is 17.7 Å². The minimum Gasteiger partial charge on any atom is -0.468 e. The molecule has 1 aromatic heterocycles. The SMILES string of the molecule is Cc1ccc(S(=O)(=O)NCc2ccco2)cc1C(=O)NCC(C)(C)N1CCCCC1. The molecule has 0 saturated carbocycles. The summed E-state index contributed by atoms with van der Waals surface area (Å²) in [6.07, 6.45) is 5.11. The maximum absolute atomic E-state index is 12.9. The Balaban J connectivity index is 1.68. The van der Waals surface area contributed by atoms with Crippen molar-refractivity contribution in [2.24, 2.45) is 0 Å². The minimum atomic E-state index is -3.77. The molecule has 1 aliphatic rings. The molecule has 0 spiro atoms. The van der Waals surface area contributed by atoms with E-state index in [1.165, 1.54) is 37.7 Å². The zero-order valence-corrected chi connectivity index (χ0v) is 18.7. The first-order valence-electron chi connectivity index (χ1n) is 10.3. The van der Waals surface area contributed by atoms with Gasteiger partial charge in [0.25, 0.3) is 5.91 Å². The average molecular weight is 434 g/mol. The number of rotatable bonds is 8. The van der Waals surface area contributed by atoms with Crippen molar-refractivity contribution in [3.63, 3.8) is 0 Å². The molecule has 1 fully saturated rings. The molecular weight excluding hydrogens is 402 g/mol. The molecule has 0 aliphatic carbocycles. The largest absolute Gasteiger partial charge is 0.468 e. The maximum atomic E-state index is 12.9. The van der Waals surface area contributed by atoms with Gasteiger partial charge in [-0.1, -0.05) is 12.5 Å². The van der Waals surface area contributed by atoms with Gasteiger partial charge >= 0.3 is 0 Å². The van der Waals surface area contributed by atoms with Crippen molar-refractivity contribution < 1.29 is 17.6 Å². The van der Waals surface area contributed by atoms with E-state index in [4.69, 9.17) is 4.42 Å². The van der Waals surface area contributed by atoms with Crippen LogP contribution in [0.1, 0.15) is 54.8 Å². The standard InChI is InChI=1S/C22H31N3O4S/c1-17-9-10-19(30(27,28)24-15-18-8-7-13-29-18)14-20(17)21(26)23-16-22(2,3)25-11-5-4-6-12-25/h7-10,13-14,24H,4-6,11-12,15-16H2,1-3H3,(H,23,26). The molecule has 0 radical (unpaired) electrons. The van der Waals surface area contributed by atoms with Crippen LogP contribution in [-0.4, -0.2) is 44.4 Å². The molecule has 1 amide bonds. The second-order valence-electron chi connectivity index (χ2n) is 8.42. The second kappa shape index (κ2) is 9.32. The highest BCUT2D eigenvalue weighted by atomic mass is 32.2. The number of amides is 1. The fourth-order valence-electron chi connectivity index (χ4n) is 3.68. The summed E-state index contributed by atoms with van der Waals surface area (Å²) < 4.78 is 33.0. The van der Waals surface area contributed by atoms with Crippen molar-refractivity contribution in [1.29, 1.82) is 0 Å². The van der Waals surface area contributed by atoms with E-state index >= 15 is 0 Å². The van der Waals surface area contributed by atoms with E-state index in [1.807, 2.05) is 0 Å². The molecule has 3 rings (SSSR count). The van der Waals surface area contributed by atoms with Gasteiger partial charge < -0.3 is 9.73 Å². The first kappa shape index (κ1) is 22.5. The number of hydrogen-bond acceptors (Lipinski definition) is 5. The van der Waals surface area contributed by atoms with Crippen LogP contribution in [0.3, 0.4) is 0 Å². The first-order valence-corrected chi connectivity index (χ1v) is 11.8. The quantitative estimate of drug-likeness (QED) is 0.668. The Kier molecular flexibility index (Phi) is 7.00. The Labute approximate surface area is 178 Å². The second-order valence-corrected chi connectivity index (χ2v) is 10.2. The summed E-state index contributed by atoms with van der Waals surface area (Å²) in [5.41, 5.74) is 0.941. The number of aryl methyl sites for hydroxylation is 1. The lowest BCUT2D eigenvalue weighted by Gasteiger charge is -2.41. The van der Waals surface area contributed by atoms with Gasteiger partial charge in [0.1, 0.15) is 5.76 Å². The maximum Gasteiger partial charge on any atom is 0.251 e. The van der Waals surface area contributed by atoms with Crippen LogP contribution in [-0.2, 0) is 16.6 Å². The number of piperidine rings is 1. The molecule has 0 atom stereocenters. The zero-order valence-electron chi connectivity index (χ0n) is 17.9. The number of furan rings is 1. The zero-order chi connectivity index (χ0) is 21.8. The highest BCUT2D eigenvalue weighted by molar-refractivity contribution is 7.89. The number of likely N-dealkylation sites (tertiary alicyclic amines) is 1. The summed E-state index contributed by atoms with van der Waals surface area (Å²) in [4.78, 5) is 15.3. The van der Waals surface area contributed by atoms with Crippen LogP contribution < -0.4 is 10.0 Å². The summed E-state index contributed by atoms with van der Waals surface area (Å²) in [5, 5.41) is 3.00. The fourth-order valence-corrected chi connectivity index (χ4v) is 4.70. The first-order chi connectivity index (χ1) is 14.2. The predicted octanol–water partition coefficient (Wildman–Crippen LogP) is 3.06. The monoisotopic (exact) mass is 433 g/mol. The minimum absolute atomic E-state index is 0.0504. The molecule has 7 nitrogen and oxygen atoms in total. The van der Waals surface area contributed by atoms with Crippen molar-refractivity contribution >= 4 is 15.9 Å². The number of nitrogens with zero attached hydrogens (tertiary/aromatic N) is 1. The number of benzene rings is 1. The third-order valence-electron chi connectivity index (χ3n) is 5.67. The average Bonchev–Trinajstić information content (AvgIpc) is 3.25. The number of sulfonamides is 1. The van der Waals surface area contributed by atoms with E-state index in [9.17, 15) is 13.2 Å². The third kappa shape index (κ3) is 5.50. The number of carbonyl (C=O) groups is 1. The molecule has 1 saturated heterocycles. The van der Waals surface area contributed by atoms with Gasteiger partial charge in [-0.05, 0) is 76.5 Å². The molecule has 30 heavy (non-hydrogen) atoms. The van der Waals surface area contributed by atoms with Gasteiger partial charge in [-0.2, -0.15) is 0 Å². The third-order valence-corrected chi connectivity index (χ3v) is 7.07. The van der Waals surface area contributed by atoms with Crippen LogP contribution in [0.25, 0.3) is 0 Å². The predicted molar refractivity (Wildman–Crippen MR) is 116 cm³/mol. The van der Waals surface area contributed by atoms with Crippen LogP contribution in [0.5, 0.6) is 0 Å². The van der Waals surface area contributed by atoms with Crippen molar-refractivity contribution in [2.45, 2.75) is 57.0 Å². The fraction of sp³-hybridized carbons (Fsp3) is 0.500. The summed E-state index contributed by atoms with van der Waals surface area (Å²) in [6.45, 7) is 8.69. The molecule has 0 unspecified atom stereocenters. The van der Waals surface area contributed by atoms with Crippen molar-refractivity contribution in [1.82, 2.24) is 14.9 Å². The highest BCUT2D eigenvalue weighted by Crippen LogP contribution is 2.21. The molecule has 8 heteroatoms. The lowest BCUT2D eigenvalue weighted by Crippen LogP contribution is -2.53. The molecule has 2 aromatic rings. The topological polar surface area (TPSA) is 91.6 Å². The molecule has 1 aromatic carbocycles. The lowest BCUT2D eigenvalue weighted by molar-refractivity contribution is 0.0797. The normalized spacial score (nSPS) is 15.8. The van der Waals surface area contributed by atoms with E-state index in [1.54, 1.807) is 25.1 Å². The van der Waals surface area contributed by atoms with Crippen molar-refractivity contribution in [2.75, 3.05) is 19.6 Å².